The molecule has 1 aromatic rings. The zero-order chi connectivity index (χ0) is 11.3. The lowest BCUT2D eigenvalue weighted by molar-refractivity contribution is 0.189. The molecule has 0 aliphatic heterocycles. The van der Waals surface area contributed by atoms with Gasteiger partial charge in [-0.15, -0.1) is 0 Å². The van der Waals surface area contributed by atoms with E-state index in [1.54, 1.807) is 25.1 Å². The Labute approximate surface area is 88.2 Å². The fourth-order valence-corrected chi connectivity index (χ4v) is 1.20. The van der Waals surface area contributed by atoms with Crippen LogP contribution in [0, 0.1) is 17.1 Å². The summed E-state index contributed by atoms with van der Waals surface area (Å²) in [5.74, 6) is -0.528. The van der Waals surface area contributed by atoms with Crippen molar-refractivity contribution < 1.29 is 9.50 Å². The number of aliphatic hydroxyl groups excluding tert-OH is 1. The third-order valence-electron chi connectivity index (χ3n) is 2.00. The molecule has 1 atom stereocenters. The zero-order valence-electron chi connectivity index (χ0n) is 8.50. The lowest BCUT2D eigenvalue weighted by Gasteiger charge is -2.09. The van der Waals surface area contributed by atoms with E-state index in [9.17, 15) is 4.39 Å². The Kier molecular flexibility index (Phi) is 4.07. The minimum absolute atomic E-state index is 0.0168. The molecule has 0 saturated heterocycles. The maximum atomic E-state index is 13.1. The summed E-state index contributed by atoms with van der Waals surface area (Å²) in [6, 6.07) is 6.24. The van der Waals surface area contributed by atoms with E-state index in [1.165, 1.54) is 6.07 Å². The Morgan fingerprint density at radius 1 is 1.60 bits per heavy atom. The maximum Gasteiger partial charge on any atom is 0.143 e. The molecule has 0 spiro atoms. The number of aliphatic hydroxyl groups is 1. The Hall–Kier alpha value is -1.60. The van der Waals surface area contributed by atoms with Crippen LogP contribution >= 0.6 is 0 Å². The first-order valence-electron chi connectivity index (χ1n) is 4.75. The number of benzene rings is 1. The molecule has 0 radical (unpaired) electrons. The predicted octanol–water partition coefficient (Wildman–Crippen LogP) is 1.88. The summed E-state index contributed by atoms with van der Waals surface area (Å²) in [6.45, 7) is 2.19. The van der Waals surface area contributed by atoms with E-state index in [0.717, 1.165) is 0 Å². The van der Waals surface area contributed by atoms with Crippen molar-refractivity contribution in [1.82, 2.24) is 0 Å². The maximum absolute atomic E-state index is 13.1. The molecule has 0 aromatic heterocycles. The molecule has 0 bridgehead atoms. The summed E-state index contributed by atoms with van der Waals surface area (Å²) in [5.41, 5.74) is 0.487. The first-order chi connectivity index (χ1) is 7.15. The molecular weight excluding hydrogens is 195 g/mol. The van der Waals surface area contributed by atoms with E-state index in [4.69, 9.17) is 10.4 Å². The van der Waals surface area contributed by atoms with Crippen LogP contribution in [0.25, 0.3) is 0 Å². The molecule has 0 fully saturated rings. The van der Waals surface area contributed by atoms with Gasteiger partial charge in [0.1, 0.15) is 17.4 Å². The molecular formula is C11H13FN2O. The van der Waals surface area contributed by atoms with Crippen molar-refractivity contribution in [3.63, 3.8) is 0 Å². The quantitative estimate of drug-likeness (QED) is 0.794. The van der Waals surface area contributed by atoms with Crippen molar-refractivity contribution in [3.8, 4) is 6.07 Å². The highest BCUT2D eigenvalue weighted by molar-refractivity contribution is 5.57. The fourth-order valence-electron chi connectivity index (χ4n) is 1.20. The fraction of sp³-hybridized carbons (Fsp3) is 0.364. The second kappa shape index (κ2) is 5.32. The van der Waals surface area contributed by atoms with Crippen LogP contribution in [0.15, 0.2) is 18.2 Å². The molecule has 1 unspecified atom stereocenters. The number of nitriles is 1. The third kappa shape index (κ3) is 3.22. The van der Waals surface area contributed by atoms with E-state index in [0.29, 0.717) is 18.7 Å². The standard InChI is InChI=1S/C11H13FN2O/c1-8(15)5-6-14-11-4-2-3-10(12)9(11)7-13/h2-4,8,14-15H,5-6H2,1H3. The normalized spacial score (nSPS) is 11.9. The molecule has 80 valence electrons. The molecule has 0 heterocycles. The van der Waals surface area contributed by atoms with E-state index in [-0.39, 0.29) is 5.56 Å². The smallest absolute Gasteiger partial charge is 0.143 e. The largest absolute Gasteiger partial charge is 0.393 e. The second-order valence-corrected chi connectivity index (χ2v) is 3.34. The van der Waals surface area contributed by atoms with Crippen LogP contribution in [0.5, 0.6) is 0 Å². The van der Waals surface area contributed by atoms with Gasteiger partial charge in [-0.3, -0.25) is 0 Å². The highest BCUT2D eigenvalue weighted by atomic mass is 19.1. The molecule has 2 N–H and O–H groups in total. The van der Waals surface area contributed by atoms with Crippen LogP contribution in [0.4, 0.5) is 10.1 Å². The number of anilines is 1. The number of hydrogen-bond donors (Lipinski definition) is 2. The number of nitrogens with one attached hydrogen (secondary N) is 1. The molecule has 0 saturated carbocycles. The van der Waals surface area contributed by atoms with E-state index in [1.807, 2.05) is 0 Å². The lowest BCUT2D eigenvalue weighted by atomic mass is 10.1. The molecule has 3 nitrogen and oxygen atoms in total. The van der Waals surface area contributed by atoms with Crippen molar-refractivity contribution in [2.75, 3.05) is 11.9 Å². The summed E-state index contributed by atoms with van der Waals surface area (Å²) in [5, 5.41) is 20.7. The Bertz CT molecular complexity index is 371. The van der Waals surface area contributed by atoms with Gasteiger partial charge in [-0.2, -0.15) is 5.26 Å². The number of rotatable bonds is 4. The minimum Gasteiger partial charge on any atom is -0.393 e. The predicted molar refractivity (Wildman–Crippen MR) is 55.9 cm³/mol. The number of nitrogens with zero attached hydrogens (tertiary/aromatic N) is 1. The summed E-state index contributed by atoms with van der Waals surface area (Å²) in [4.78, 5) is 0. The zero-order valence-corrected chi connectivity index (χ0v) is 8.50. The van der Waals surface area contributed by atoms with Crippen molar-refractivity contribution in [2.24, 2.45) is 0 Å². The van der Waals surface area contributed by atoms with Crippen LogP contribution in [0.3, 0.4) is 0 Å². The Morgan fingerprint density at radius 3 is 2.93 bits per heavy atom. The second-order valence-electron chi connectivity index (χ2n) is 3.34. The highest BCUT2D eigenvalue weighted by Gasteiger charge is 2.06. The van der Waals surface area contributed by atoms with E-state index in [2.05, 4.69) is 5.32 Å². The lowest BCUT2D eigenvalue weighted by Crippen LogP contribution is -2.10. The molecule has 1 aromatic carbocycles. The first-order valence-corrected chi connectivity index (χ1v) is 4.75. The van der Waals surface area contributed by atoms with Crippen molar-refractivity contribution in [2.45, 2.75) is 19.4 Å². The molecule has 4 heteroatoms. The van der Waals surface area contributed by atoms with Crippen molar-refractivity contribution >= 4 is 5.69 Å². The van der Waals surface area contributed by atoms with Gasteiger partial charge in [-0.05, 0) is 25.5 Å². The molecule has 15 heavy (non-hydrogen) atoms. The van der Waals surface area contributed by atoms with Crippen LogP contribution < -0.4 is 5.32 Å². The first kappa shape index (κ1) is 11.5. The molecule has 0 aliphatic rings. The molecule has 1 rings (SSSR count). The molecule has 0 aliphatic carbocycles. The van der Waals surface area contributed by atoms with Crippen LogP contribution in [-0.2, 0) is 0 Å². The van der Waals surface area contributed by atoms with Gasteiger partial charge in [0.2, 0.25) is 0 Å². The third-order valence-corrected chi connectivity index (χ3v) is 2.00. The van der Waals surface area contributed by atoms with Gasteiger partial charge in [0, 0.05) is 6.54 Å². The van der Waals surface area contributed by atoms with Gasteiger partial charge >= 0.3 is 0 Å². The van der Waals surface area contributed by atoms with Gasteiger partial charge in [0.25, 0.3) is 0 Å². The van der Waals surface area contributed by atoms with E-state index < -0.39 is 11.9 Å². The van der Waals surface area contributed by atoms with Gasteiger partial charge in [0.15, 0.2) is 0 Å². The van der Waals surface area contributed by atoms with Crippen LogP contribution in [0.2, 0.25) is 0 Å². The Morgan fingerprint density at radius 2 is 2.33 bits per heavy atom. The summed E-state index contributed by atoms with van der Waals surface area (Å²) < 4.78 is 13.1. The van der Waals surface area contributed by atoms with Gasteiger partial charge in [-0.25, -0.2) is 4.39 Å². The summed E-state index contributed by atoms with van der Waals surface area (Å²) in [7, 11) is 0. The average Bonchev–Trinajstić information content (AvgIpc) is 2.17. The topological polar surface area (TPSA) is 56.0 Å². The monoisotopic (exact) mass is 208 g/mol. The molecule has 0 amide bonds. The van der Waals surface area contributed by atoms with Gasteiger partial charge in [-0.1, -0.05) is 6.07 Å². The number of halogens is 1. The highest BCUT2D eigenvalue weighted by Crippen LogP contribution is 2.17. The minimum atomic E-state index is -0.528. The summed E-state index contributed by atoms with van der Waals surface area (Å²) in [6.07, 6.45) is 0.151. The summed E-state index contributed by atoms with van der Waals surface area (Å²) >= 11 is 0. The van der Waals surface area contributed by atoms with Crippen LogP contribution in [-0.4, -0.2) is 17.8 Å². The van der Waals surface area contributed by atoms with Crippen molar-refractivity contribution in [3.05, 3.63) is 29.6 Å². The van der Waals surface area contributed by atoms with Gasteiger partial charge in [0.05, 0.1) is 11.8 Å². The van der Waals surface area contributed by atoms with Crippen molar-refractivity contribution in [1.29, 1.82) is 5.26 Å². The van der Waals surface area contributed by atoms with E-state index >= 15 is 0 Å². The van der Waals surface area contributed by atoms with Gasteiger partial charge < -0.3 is 10.4 Å². The number of hydrogen-bond acceptors (Lipinski definition) is 3. The average molecular weight is 208 g/mol. The van der Waals surface area contributed by atoms with Crippen LogP contribution in [0.1, 0.15) is 18.9 Å². The SMILES string of the molecule is CC(O)CCNc1cccc(F)c1C#N. The Balaban J connectivity index is 2.69.